The molecule has 1 saturated heterocycles. The van der Waals surface area contributed by atoms with Crippen LogP contribution in [0, 0.1) is 0 Å². The summed E-state index contributed by atoms with van der Waals surface area (Å²) in [5.41, 5.74) is 6.43. The predicted molar refractivity (Wildman–Crippen MR) is 75.1 cm³/mol. The third-order valence-electron chi connectivity index (χ3n) is 5.67. The van der Waals surface area contributed by atoms with Gasteiger partial charge in [-0.15, -0.1) is 0 Å². The number of hydrogen-bond donors (Lipinski definition) is 1. The number of rotatable bonds is 3. The largest absolute Gasteiger partial charge is 0.381 e. The van der Waals surface area contributed by atoms with Gasteiger partial charge in [0.15, 0.2) is 0 Å². The molecule has 0 radical (unpaired) electrons. The summed E-state index contributed by atoms with van der Waals surface area (Å²) in [4.78, 5) is 2.72. The van der Waals surface area contributed by atoms with E-state index >= 15 is 0 Å². The van der Waals surface area contributed by atoms with Crippen LogP contribution in [-0.4, -0.2) is 55.5 Å². The molecule has 1 aliphatic heterocycles. The molecule has 2 aliphatic carbocycles. The molecule has 0 spiro atoms. The van der Waals surface area contributed by atoms with Crippen LogP contribution in [0.25, 0.3) is 0 Å². The summed E-state index contributed by atoms with van der Waals surface area (Å²) < 4.78 is 11.5. The maximum Gasteiger partial charge on any atom is 0.0731 e. The summed E-state index contributed by atoms with van der Waals surface area (Å²) >= 11 is 0. The summed E-state index contributed by atoms with van der Waals surface area (Å²) in [6.45, 7) is 2.74. The van der Waals surface area contributed by atoms with Gasteiger partial charge >= 0.3 is 0 Å². The minimum Gasteiger partial charge on any atom is -0.381 e. The van der Waals surface area contributed by atoms with Crippen LogP contribution < -0.4 is 5.73 Å². The van der Waals surface area contributed by atoms with E-state index in [1.165, 1.54) is 32.1 Å². The molecule has 0 amide bonds. The Kier molecular flexibility index (Phi) is 4.13. The summed E-state index contributed by atoms with van der Waals surface area (Å²) in [7, 11) is 1.84. The zero-order valence-corrected chi connectivity index (χ0v) is 12.1. The summed E-state index contributed by atoms with van der Waals surface area (Å²) in [6.07, 6.45) is 9.44. The highest BCUT2D eigenvalue weighted by Crippen LogP contribution is 2.40. The number of hydrogen-bond acceptors (Lipinski definition) is 4. The Balaban J connectivity index is 1.74. The van der Waals surface area contributed by atoms with Crippen molar-refractivity contribution in [3.8, 4) is 0 Å². The van der Waals surface area contributed by atoms with E-state index in [1.807, 2.05) is 7.11 Å². The van der Waals surface area contributed by atoms with Crippen molar-refractivity contribution in [2.24, 2.45) is 5.73 Å². The Bertz CT molecular complexity index is 303. The van der Waals surface area contributed by atoms with Gasteiger partial charge in [-0.25, -0.2) is 0 Å². The summed E-state index contributed by atoms with van der Waals surface area (Å²) in [6, 6.07) is 0.622. The molecule has 2 unspecified atom stereocenters. The van der Waals surface area contributed by atoms with Crippen LogP contribution in [0.3, 0.4) is 0 Å². The lowest BCUT2D eigenvalue weighted by molar-refractivity contribution is -0.114. The highest BCUT2D eigenvalue weighted by molar-refractivity contribution is 5.02. The zero-order valence-electron chi connectivity index (χ0n) is 12.1. The van der Waals surface area contributed by atoms with Crippen LogP contribution in [0.1, 0.15) is 44.9 Å². The number of morpholine rings is 1. The quantitative estimate of drug-likeness (QED) is 0.843. The van der Waals surface area contributed by atoms with E-state index in [0.717, 1.165) is 32.5 Å². The molecule has 19 heavy (non-hydrogen) atoms. The fourth-order valence-electron chi connectivity index (χ4n) is 4.49. The second-order valence-electron chi connectivity index (χ2n) is 6.46. The van der Waals surface area contributed by atoms with Gasteiger partial charge in [-0.05, 0) is 44.9 Å². The molecule has 0 aromatic carbocycles. The van der Waals surface area contributed by atoms with Gasteiger partial charge in [0.25, 0.3) is 0 Å². The number of fused-ring (bicyclic) bond motifs is 1. The van der Waals surface area contributed by atoms with Gasteiger partial charge in [0.05, 0.1) is 18.8 Å². The van der Waals surface area contributed by atoms with E-state index in [9.17, 15) is 0 Å². The van der Waals surface area contributed by atoms with Crippen molar-refractivity contribution in [2.45, 2.75) is 68.7 Å². The molecule has 0 aromatic heterocycles. The predicted octanol–water partition coefficient (Wildman–Crippen LogP) is 1.53. The number of methoxy groups -OCH3 is 1. The van der Waals surface area contributed by atoms with Gasteiger partial charge < -0.3 is 15.2 Å². The normalized spacial score (nSPS) is 44.2. The van der Waals surface area contributed by atoms with Crippen molar-refractivity contribution < 1.29 is 9.47 Å². The highest BCUT2D eigenvalue weighted by Gasteiger charge is 2.47. The molecular formula is C15H28N2O2. The van der Waals surface area contributed by atoms with Gasteiger partial charge in [-0.1, -0.05) is 0 Å². The summed E-state index contributed by atoms with van der Waals surface area (Å²) in [5.74, 6) is 0. The van der Waals surface area contributed by atoms with Crippen molar-refractivity contribution >= 4 is 0 Å². The van der Waals surface area contributed by atoms with E-state index in [-0.39, 0.29) is 5.54 Å². The van der Waals surface area contributed by atoms with Crippen molar-refractivity contribution in [3.05, 3.63) is 0 Å². The first kappa shape index (κ1) is 13.8. The fraction of sp³-hybridized carbons (Fsp3) is 1.00. The molecule has 2 N–H and O–H groups in total. The third-order valence-corrected chi connectivity index (χ3v) is 5.67. The van der Waals surface area contributed by atoms with E-state index in [4.69, 9.17) is 15.2 Å². The van der Waals surface area contributed by atoms with E-state index in [2.05, 4.69) is 4.90 Å². The molecule has 3 rings (SSSR count). The Morgan fingerprint density at radius 1 is 1.26 bits per heavy atom. The molecular weight excluding hydrogens is 240 g/mol. The number of nitrogens with two attached hydrogens (primary N) is 1. The van der Waals surface area contributed by atoms with Crippen LogP contribution in [-0.2, 0) is 9.47 Å². The molecule has 110 valence electrons. The average Bonchev–Trinajstić information content (AvgIpc) is 2.95. The molecule has 0 aromatic rings. The Morgan fingerprint density at radius 2 is 2.05 bits per heavy atom. The molecule has 3 fully saturated rings. The molecule has 4 nitrogen and oxygen atoms in total. The Hall–Kier alpha value is -0.160. The number of nitrogens with zero attached hydrogens (tertiary/aromatic N) is 1. The van der Waals surface area contributed by atoms with Crippen LogP contribution >= 0.6 is 0 Å². The highest BCUT2D eigenvalue weighted by atomic mass is 16.5. The standard InChI is InChI=1S/C15H28N2O2/c1-18-12-5-7-15(11-16,8-6-12)17-9-10-19-14-4-2-3-13(14)17/h12-14H,2-11,16H2,1H3. The Labute approximate surface area is 116 Å². The van der Waals surface area contributed by atoms with Crippen LogP contribution in [0.5, 0.6) is 0 Å². The zero-order chi connectivity index (χ0) is 13.3. The second-order valence-corrected chi connectivity index (χ2v) is 6.46. The van der Waals surface area contributed by atoms with Crippen LogP contribution in [0.4, 0.5) is 0 Å². The van der Waals surface area contributed by atoms with Gasteiger partial charge in [0.2, 0.25) is 0 Å². The first-order valence-electron chi connectivity index (χ1n) is 7.90. The SMILES string of the molecule is COC1CCC(CN)(N2CCOC3CCCC32)CC1. The first-order chi connectivity index (χ1) is 9.29. The molecule has 2 saturated carbocycles. The van der Waals surface area contributed by atoms with E-state index in [0.29, 0.717) is 18.2 Å². The lowest BCUT2D eigenvalue weighted by Crippen LogP contribution is -2.64. The fourth-order valence-corrected chi connectivity index (χ4v) is 4.49. The smallest absolute Gasteiger partial charge is 0.0731 e. The Morgan fingerprint density at radius 3 is 2.74 bits per heavy atom. The monoisotopic (exact) mass is 268 g/mol. The third kappa shape index (κ3) is 2.44. The summed E-state index contributed by atoms with van der Waals surface area (Å²) in [5, 5.41) is 0. The minimum absolute atomic E-state index is 0.214. The van der Waals surface area contributed by atoms with Crippen molar-refractivity contribution in [1.82, 2.24) is 4.90 Å². The minimum atomic E-state index is 0.214. The van der Waals surface area contributed by atoms with Crippen molar-refractivity contribution in [3.63, 3.8) is 0 Å². The van der Waals surface area contributed by atoms with Gasteiger partial charge in [-0.3, -0.25) is 4.90 Å². The lowest BCUT2D eigenvalue weighted by Gasteiger charge is -2.53. The topological polar surface area (TPSA) is 47.7 Å². The lowest BCUT2D eigenvalue weighted by atomic mass is 9.77. The maximum atomic E-state index is 6.22. The van der Waals surface area contributed by atoms with E-state index < -0.39 is 0 Å². The van der Waals surface area contributed by atoms with Gasteiger partial charge in [-0.2, -0.15) is 0 Å². The molecule has 2 atom stereocenters. The number of ether oxygens (including phenoxy) is 2. The molecule has 0 bridgehead atoms. The van der Waals surface area contributed by atoms with Gasteiger partial charge in [0.1, 0.15) is 0 Å². The maximum absolute atomic E-state index is 6.22. The first-order valence-corrected chi connectivity index (χ1v) is 7.90. The van der Waals surface area contributed by atoms with E-state index in [1.54, 1.807) is 0 Å². The van der Waals surface area contributed by atoms with Crippen molar-refractivity contribution in [2.75, 3.05) is 26.8 Å². The second kappa shape index (κ2) is 5.68. The molecule has 3 aliphatic rings. The molecule has 1 heterocycles. The average molecular weight is 268 g/mol. The van der Waals surface area contributed by atoms with Crippen molar-refractivity contribution in [1.29, 1.82) is 0 Å². The molecule has 4 heteroatoms. The van der Waals surface area contributed by atoms with Crippen LogP contribution in [0.2, 0.25) is 0 Å². The van der Waals surface area contributed by atoms with Crippen LogP contribution in [0.15, 0.2) is 0 Å². The van der Waals surface area contributed by atoms with Gasteiger partial charge in [0, 0.05) is 31.8 Å².